The molecule has 1 atom stereocenters. The number of hydrogen-bond acceptors (Lipinski definition) is 5. The van der Waals surface area contributed by atoms with Gasteiger partial charge in [-0.1, -0.05) is 0 Å². The summed E-state index contributed by atoms with van der Waals surface area (Å²) in [4.78, 5) is 4.94. The van der Waals surface area contributed by atoms with Crippen LogP contribution in [0.5, 0.6) is 0 Å². The van der Waals surface area contributed by atoms with Crippen LogP contribution < -0.4 is 10.0 Å². The number of pyridine rings is 1. The smallest absolute Gasteiger partial charge is 0.314 e. The van der Waals surface area contributed by atoms with Gasteiger partial charge in [-0.05, 0) is 19.1 Å². The number of nitrogens with one attached hydrogen (secondary N) is 2. The number of rotatable bonds is 5. The molecule has 0 amide bonds. The number of nitrogens with zero attached hydrogens (tertiary/aromatic N) is 2. The second kappa shape index (κ2) is 8.43. The molecule has 0 aliphatic carbocycles. The maximum atomic E-state index is 13.2. The Bertz CT molecular complexity index is 619. The predicted molar refractivity (Wildman–Crippen MR) is 85.7 cm³/mol. The first-order chi connectivity index (χ1) is 10.7. The van der Waals surface area contributed by atoms with Crippen LogP contribution in [-0.2, 0) is 10.0 Å². The van der Waals surface area contributed by atoms with Crippen LogP contribution >= 0.6 is 12.4 Å². The largest absolute Gasteiger partial charge is 0.405 e. The zero-order chi connectivity index (χ0) is 17.1. The Morgan fingerprint density at radius 3 is 2.46 bits per heavy atom. The highest BCUT2D eigenvalue weighted by Crippen LogP contribution is 2.25. The van der Waals surface area contributed by atoms with E-state index >= 15 is 0 Å². The average molecular weight is 389 g/mol. The molecule has 1 aromatic rings. The SMILES string of the molecule is Cc1ccc(S(=O)(=O)NCC(N2CCNCC2)C(F)(F)F)cn1.Cl. The van der Waals surface area contributed by atoms with E-state index in [-0.39, 0.29) is 30.4 Å². The molecule has 1 aliphatic rings. The Labute approximate surface area is 145 Å². The van der Waals surface area contributed by atoms with Crippen molar-refractivity contribution in [2.75, 3.05) is 32.7 Å². The van der Waals surface area contributed by atoms with Crippen LogP contribution in [0.4, 0.5) is 13.2 Å². The molecule has 0 bridgehead atoms. The van der Waals surface area contributed by atoms with Crippen molar-refractivity contribution in [3.05, 3.63) is 24.0 Å². The van der Waals surface area contributed by atoms with Crippen molar-refractivity contribution < 1.29 is 21.6 Å². The van der Waals surface area contributed by atoms with Crippen molar-refractivity contribution >= 4 is 22.4 Å². The van der Waals surface area contributed by atoms with Gasteiger partial charge in [0.1, 0.15) is 10.9 Å². The van der Waals surface area contributed by atoms with Crippen molar-refractivity contribution in [2.24, 2.45) is 0 Å². The van der Waals surface area contributed by atoms with Gasteiger partial charge in [0.15, 0.2) is 0 Å². The highest BCUT2D eigenvalue weighted by molar-refractivity contribution is 7.89. The fourth-order valence-electron chi connectivity index (χ4n) is 2.33. The summed E-state index contributed by atoms with van der Waals surface area (Å²) in [6.07, 6.45) is -3.38. The molecule has 0 aromatic carbocycles. The first-order valence-electron chi connectivity index (χ1n) is 7.14. The standard InChI is InChI=1S/C13H19F3N4O2S.ClH/c1-10-2-3-11(8-18-10)23(21,22)19-9-12(13(14,15)16)20-6-4-17-5-7-20;/h2-3,8,12,17,19H,4-7,9H2,1H3;1H. The van der Waals surface area contributed by atoms with E-state index in [1.807, 2.05) is 4.72 Å². The molecule has 24 heavy (non-hydrogen) atoms. The molecular formula is C13H20ClF3N4O2S. The Morgan fingerprint density at radius 2 is 1.96 bits per heavy atom. The maximum absolute atomic E-state index is 13.2. The summed E-state index contributed by atoms with van der Waals surface area (Å²) in [6, 6.07) is 0.960. The van der Waals surface area contributed by atoms with Crippen LogP contribution in [0.15, 0.2) is 23.2 Å². The van der Waals surface area contributed by atoms with E-state index in [1.54, 1.807) is 6.92 Å². The Balaban J connectivity index is 0.00000288. The molecule has 1 saturated heterocycles. The van der Waals surface area contributed by atoms with Gasteiger partial charge in [0, 0.05) is 44.6 Å². The van der Waals surface area contributed by atoms with Gasteiger partial charge < -0.3 is 5.32 Å². The minimum Gasteiger partial charge on any atom is -0.314 e. The van der Waals surface area contributed by atoms with Crippen LogP contribution in [0.3, 0.4) is 0 Å². The average Bonchev–Trinajstić information content (AvgIpc) is 2.47. The third kappa shape index (κ3) is 5.55. The van der Waals surface area contributed by atoms with E-state index in [1.165, 1.54) is 17.0 Å². The van der Waals surface area contributed by atoms with Gasteiger partial charge in [-0.3, -0.25) is 9.88 Å². The van der Waals surface area contributed by atoms with Gasteiger partial charge >= 0.3 is 6.18 Å². The molecule has 0 radical (unpaired) electrons. The third-order valence-electron chi connectivity index (χ3n) is 3.63. The maximum Gasteiger partial charge on any atom is 0.405 e. The molecule has 11 heteroatoms. The highest BCUT2D eigenvalue weighted by Gasteiger charge is 2.44. The topological polar surface area (TPSA) is 74.3 Å². The van der Waals surface area contributed by atoms with Crippen LogP contribution in [0.1, 0.15) is 5.69 Å². The lowest BCUT2D eigenvalue weighted by Crippen LogP contribution is -2.57. The zero-order valence-corrected chi connectivity index (χ0v) is 14.6. The van der Waals surface area contributed by atoms with Gasteiger partial charge in [0.2, 0.25) is 10.0 Å². The molecule has 2 heterocycles. The van der Waals surface area contributed by atoms with Gasteiger partial charge in [0.05, 0.1) is 0 Å². The minimum atomic E-state index is -4.51. The number of halogens is 4. The van der Waals surface area contributed by atoms with E-state index in [2.05, 4.69) is 10.3 Å². The molecule has 138 valence electrons. The molecule has 1 aliphatic heterocycles. The summed E-state index contributed by atoms with van der Waals surface area (Å²) in [7, 11) is -4.03. The summed E-state index contributed by atoms with van der Waals surface area (Å²) >= 11 is 0. The van der Waals surface area contributed by atoms with Crippen LogP contribution in [0, 0.1) is 6.92 Å². The van der Waals surface area contributed by atoms with Gasteiger partial charge in [0.25, 0.3) is 0 Å². The third-order valence-corrected chi connectivity index (χ3v) is 5.04. The van der Waals surface area contributed by atoms with Gasteiger partial charge in [-0.15, -0.1) is 12.4 Å². The fraction of sp³-hybridized carbons (Fsp3) is 0.615. The zero-order valence-electron chi connectivity index (χ0n) is 13.0. The summed E-state index contributed by atoms with van der Waals surface area (Å²) in [5.41, 5.74) is 0.623. The number of piperazine rings is 1. The molecule has 2 N–H and O–H groups in total. The molecule has 0 spiro atoms. The van der Waals surface area contributed by atoms with Gasteiger partial charge in [-0.25, -0.2) is 13.1 Å². The lowest BCUT2D eigenvalue weighted by Gasteiger charge is -2.35. The molecule has 6 nitrogen and oxygen atoms in total. The number of sulfonamides is 1. The Kier molecular flexibility index (Phi) is 7.42. The number of aromatic nitrogens is 1. The van der Waals surface area contributed by atoms with E-state index in [9.17, 15) is 21.6 Å². The summed E-state index contributed by atoms with van der Waals surface area (Å²) in [5, 5.41) is 2.97. The van der Waals surface area contributed by atoms with Crippen molar-refractivity contribution in [1.82, 2.24) is 19.9 Å². The van der Waals surface area contributed by atoms with Crippen molar-refractivity contribution in [3.63, 3.8) is 0 Å². The van der Waals surface area contributed by atoms with E-state index in [0.717, 1.165) is 6.20 Å². The van der Waals surface area contributed by atoms with Crippen molar-refractivity contribution in [2.45, 2.75) is 24.0 Å². The first-order valence-corrected chi connectivity index (χ1v) is 8.62. The first kappa shape index (κ1) is 21.1. The lowest BCUT2D eigenvalue weighted by molar-refractivity contribution is -0.182. The minimum absolute atomic E-state index is 0. The predicted octanol–water partition coefficient (Wildman–Crippen LogP) is 0.926. The van der Waals surface area contributed by atoms with Gasteiger partial charge in [-0.2, -0.15) is 13.2 Å². The summed E-state index contributed by atoms with van der Waals surface area (Å²) in [6.45, 7) is 2.30. The number of aryl methyl sites for hydroxylation is 1. The van der Waals surface area contributed by atoms with E-state index < -0.39 is 28.8 Å². The van der Waals surface area contributed by atoms with Crippen molar-refractivity contribution in [1.29, 1.82) is 0 Å². The molecule has 2 rings (SSSR count). The molecule has 1 aromatic heterocycles. The lowest BCUT2D eigenvalue weighted by atomic mass is 10.2. The molecule has 1 unspecified atom stereocenters. The summed E-state index contributed by atoms with van der Waals surface area (Å²) in [5.74, 6) is 0. The van der Waals surface area contributed by atoms with Crippen molar-refractivity contribution in [3.8, 4) is 0 Å². The number of hydrogen-bond donors (Lipinski definition) is 2. The Morgan fingerprint density at radius 1 is 1.33 bits per heavy atom. The van der Waals surface area contributed by atoms with Crippen LogP contribution in [0.2, 0.25) is 0 Å². The monoisotopic (exact) mass is 388 g/mol. The van der Waals surface area contributed by atoms with Crippen LogP contribution in [0.25, 0.3) is 0 Å². The number of alkyl halides is 3. The molecular weight excluding hydrogens is 369 g/mol. The molecule has 0 saturated carbocycles. The highest BCUT2D eigenvalue weighted by atomic mass is 35.5. The Hall–Kier alpha value is -0.940. The van der Waals surface area contributed by atoms with E-state index in [4.69, 9.17) is 0 Å². The fourth-order valence-corrected chi connectivity index (χ4v) is 3.31. The second-order valence-electron chi connectivity index (χ2n) is 5.33. The van der Waals surface area contributed by atoms with Crippen LogP contribution in [-0.4, -0.2) is 63.2 Å². The normalized spacial score (nSPS) is 18.0. The summed E-state index contributed by atoms with van der Waals surface area (Å²) < 4.78 is 65.9. The quantitative estimate of drug-likeness (QED) is 0.785. The molecule has 1 fully saturated rings. The second-order valence-corrected chi connectivity index (χ2v) is 7.10. The van der Waals surface area contributed by atoms with E-state index in [0.29, 0.717) is 18.8 Å².